The van der Waals surface area contributed by atoms with Crippen molar-refractivity contribution in [2.24, 2.45) is 0 Å². The summed E-state index contributed by atoms with van der Waals surface area (Å²) in [5.41, 5.74) is 4.86. The number of hydrogen-bond acceptors (Lipinski definition) is 3. The fourth-order valence-corrected chi connectivity index (χ4v) is 4.09. The van der Waals surface area contributed by atoms with Crippen molar-refractivity contribution in [1.82, 2.24) is 14.6 Å². The van der Waals surface area contributed by atoms with Crippen LogP contribution in [0.1, 0.15) is 5.69 Å². The Balaban J connectivity index is 1.93. The molecule has 0 aliphatic carbocycles. The Morgan fingerprint density at radius 3 is 3.16 bits per heavy atom. The molecular weight excluding hydrogens is 256 g/mol. The van der Waals surface area contributed by atoms with E-state index in [9.17, 15) is 0 Å². The molecule has 4 aromatic rings. The van der Waals surface area contributed by atoms with E-state index < -0.39 is 0 Å². The number of fused-ring (bicyclic) bond motifs is 7. The monoisotopic (exact) mass is 265 g/mol. The molecule has 0 saturated heterocycles. The normalized spacial score (nSPS) is 13.1. The van der Waals surface area contributed by atoms with Gasteiger partial charge in [-0.1, -0.05) is 11.3 Å². The molecule has 0 fully saturated rings. The molecule has 0 aromatic carbocycles. The summed E-state index contributed by atoms with van der Waals surface area (Å²) < 4.78 is 5.59. The van der Waals surface area contributed by atoms with Gasteiger partial charge in [0.2, 0.25) is 5.52 Å². The van der Waals surface area contributed by atoms with Crippen LogP contribution in [0.2, 0.25) is 0 Å². The van der Waals surface area contributed by atoms with E-state index in [-0.39, 0.29) is 0 Å². The van der Waals surface area contributed by atoms with E-state index in [1.54, 1.807) is 0 Å². The molecule has 4 nitrogen and oxygen atoms in total. The van der Waals surface area contributed by atoms with Gasteiger partial charge in [0.25, 0.3) is 5.01 Å². The van der Waals surface area contributed by atoms with Crippen molar-refractivity contribution in [3.8, 4) is 10.6 Å². The van der Waals surface area contributed by atoms with E-state index in [1.807, 2.05) is 40.4 Å². The lowest BCUT2D eigenvalue weighted by molar-refractivity contribution is -0.642. The maximum Gasteiger partial charge on any atom is 0.272 e. The van der Waals surface area contributed by atoms with E-state index in [0.29, 0.717) is 0 Å². The Bertz CT molecular complexity index is 951. The second-order valence-electron chi connectivity index (χ2n) is 4.69. The Morgan fingerprint density at radius 1 is 1.21 bits per heavy atom. The van der Waals surface area contributed by atoms with Gasteiger partial charge >= 0.3 is 0 Å². The highest BCUT2D eigenvalue weighted by Crippen LogP contribution is 2.36. The molecule has 90 valence electrons. The van der Waals surface area contributed by atoms with Crippen LogP contribution in [0.4, 0.5) is 0 Å². The quantitative estimate of drug-likeness (QED) is 0.402. The largest absolute Gasteiger partial charge is 0.272 e. The highest BCUT2D eigenvalue weighted by molar-refractivity contribution is 7.22. The first-order valence-corrected chi connectivity index (χ1v) is 6.96. The van der Waals surface area contributed by atoms with E-state index >= 15 is 0 Å². The van der Waals surface area contributed by atoms with Gasteiger partial charge in [0.05, 0.1) is 11.1 Å². The Labute approximate surface area is 112 Å². The van der Waals surface area contributed by atoms with Gasteiger partial charge in [-0.15, -0.1) is 0 Å². The Kier molecular flexibility index (Phi) is 1.62. The number of rotatable bonds is 0. The summed E-state index contributed by atoms with van der Waals surface area (Å²) >= 11 is 1.83. The summed E-state index contributed by atoms with van der Waals surface area (Å²) in [4.78, 5) is 4.47. The minimum absolute atomic E-state index is 0.863. The van der Waals surface area contributed by atoms with E-state index in [1.165, 1.54) is 32.0 Å². The standard InChI is InChI=1S/C14H9N4S/c1-3-9-10(15-5-1)7-17-12-8-18-11(4-2-6-16-18)13(12)19-14(9)17/h1-6,8H,7H2/q+1. The minimum atomic E-state index is 0.863. The first-order valence-electron chi connectivity index (χ1n) is 6.15. The molecule has 0 amide bonds. The Morgan fingerprint density at radius 2 is 2.16 bits per heavy atom. The second kappa shape index (κ2) is 3.19. The van der Waals surface area contributed by atoms with Crippen LogP contribution in [0.3, 0.4) is 0 Å². The summed E-state index contributed by atoms with van der Waals surface area (Å²) in [5, 5.41) is 5.66. The van der Waals surface area contributed by atoms with Crippen LogP contribution >= 0.6 is 11.3 Å². The fourth-order valence-electron chi connectivity index (χ4n) is 2.80. The van der Waals surface area contributed by atoms with Crippen molar-refractivity contribution in [3.63, 3.8) is 0 Å². The first-order chi connectivity index (χ1) is 9.42. The lowest BCUT2D eigenvalue weighted by Gasteiger charge is -1.90. The number of pyridine rings is 1. The maximum absolute atomic E-state index is 4.47. The molecule has 0 spiro atoms. The molecule has 0 bridgehead atoms. The summed E-state index contributed by atoms with van der Waals surface area (Å²) in [6, 6.07) is 8.27. The van der Waals surface area contributed by atoms with Crippen LogP contribution in [0.5, 0.6) is 0 Å². The summed E-state index contributed by atoms with van der Waals surface area (Å²) in [6.45, 7) is 0.863. The van der Waals surface area contributed by atoms with E-state index in [2.05, 4.69) is 33.0 Å². The average Bonchev–Trinajstić information content (AvgIpc) is 3.07. The number of hydrogen-bond donors (Lipinski definition) is 0. The summed E-state index contributed by atoms with van der Waals surface area (Å²) in [6.07, 6.45) is 5.79. The molecule has 0 unspecified atom stereocenters. The number of thiazole rings is 1. The van der Waals surface area contributed by atoms with Crippen molar-refractivity contribution >= 4 is 27.1 Å². The van der Waals surface area contributed by atoms with Gasteiger partial charge in [0.1, 0.15) is 16.6 Å². The van der Waals surface area contributed by atoms with Crippen molar-refractivity contribution in [2.75, 3.05) is 0 Å². The molecule has 5 rings (SSSR count). The van der Waals surface area contributed by atoms with Gasteiger partial charge in [0.15, 0.2) is 6.54 Å². The first kappa shape index (κ1) is 9.63. The van der Waals surface area contributed by atoms with Crippen molar-refractivity contribution in [2.45, 2.75) is 6.54 Å². The van der Waals surface area contributed by atoms with Crippen LogP contribution in [0.25, 0.3) is 26.3 Å². The molecule has 5 heterocycles. The summed E-state index contributed by atoms with van der Waals surface area (Å²) in [5.74, 6) is 0. The SMILES string of the molecule is c1cnc2c(c1)-c1sc3c4cccnn4cc3[n+]1C2. The summed E-state index contributed by atoms with van der Waals surface area (Å²) in [7, 11) is 0. The van der Waals surface area contributed by atoms with Gasteiger partial charge in [-0.25, -0.2) is 4.52 Å². The molecule has 1 aliphatic heterocycles. The average molecular weight is 265 g/mol. The predicted molar refractivity (Wildman–Crippen MR) is 73.1 cm³/mol. The maximum atomic E-state index is 4.47. The van der Waals surface area contributed by atoms with Crippen LogP contribution in [-0.2, 0) is 6.54 Å². The van der Waals surface area contributed by atoms with Gasteiger partial charge in [0, 0.05) is 12.4 Å². The predicted octanol–water partition coefficient (Wildman–Crippen LogP) is 2.26. The molecule has 0 atom stereocenters. The lowest BCUT2D eigenvalue weighted by atomic mass is 10.2. The van der Waals surface area contributed by atoms with E-state index in [0.717, 1.165) is 6.54 Å². The zero-order chi connectivity index (χ0) is 12.4. The van der Waals surface area contributed by atoms with Gasteiger partial charge in [-0.05, 0) is 24.3 Å². The molecule has 19 heavy (non-hydrogen) atoms. The lowest BCUT2D eigenvalue weighted by Crippen LogP contribution is -2.30. The van der Waals surface area contributed by atoms with Crippen LogP contribution in [-0.4, -0.2) is 14.6 Å². The highest BCUT2D eigenvalue weighted by Gasteiger charge is 2.33. The molecule has 5 heteroatoms. The highest BCUT2D eigenvalue weighted by atomic mass is 32.1. The van der Waals surface area contributed by atoms with Crippen molar-refractivity contribution in [3.05, 3.63) is 48.5 Å². The molecule has 0 saturated carbocycles. The molecule has 0 N–H and O–H groups in total. The second-order valence-corrected chi connectivity index (χ2v) is 5.69. The van der Waals surface area contributed by atoms with Crippen LogP contribution in [0, 0.1) is 0 Å². The Hall–Kier alpha value is -2.27. The van der Waals surface area contributed by atoms with Crippen LogP contribution in [0.15, 0.2) is 42.9 Å². The minimum Gasteiger partial charge on any atom is -0.254 e. The van der Waals surface area contributed by atoms with Crippen LogP contribution < -0.4 is 4.57 Å². The fraction of sp³-hybridized carbons (Fsp3) is 0.0714. The number of aromatic nitrogens is 4. The number of nitrogens with zero attached hydrogens (tertiary/aromatic N) is 4. The zero-order valence-corrected chi connectivity index (χ0v) is 10.8. The van der Waals surface area contributed by atoms with Gasteiger partial charge < -0.3 is 0 Å². The van der Waals surface area contributed by atoms with Crippen molar-refractivity contribution < 1.29 is 4.57 Å². The van der Waals surface area contributed by atoms with Gasteiger partial charge in [-0.3, -0.25) is 4.98 Å². The van der Waals surface area contributed by atoms with Crippen molar-refractivity contribution in [1.29, 1.82) is 0 Å². The molecule has 0 radical (unpaired) electrons. The third-order valence-electron chi connectivity index (χ3n) is 3.65. The van der Waals surface area contributed by atoms with E-state index in [4.69, 9.17) is 0 Å². The molecular formula is C14H9N4S+. The molecule has 1 aliphatic rings. The molecule has 4 aromatic heterocycles. The third kappa shape index (κ3) is 1.11. The smallest absolute Gasteiger partial charge is 0.254 e. The van der Waals surface area contributed by atoms with Gasteiger partial charge in [-0.2, -0.15) is 9.67 Å². The topological polar surface area (TPSA) is 34.1 Å². The third-order valence-corrected chi connectivity index (χ3v) is 4.91. The zero-order valence-electron chi connectivity index (χ0n) is 9.95.